The van der Waals surface area contributed by atoms with E-state index < -0.39 is 5.97 Å². The Bertz CT molecular complexity index is 409. The fourth-order valence-corrected chi connectivity index (χ4v) is 2.14. The summed E-state index contributed by atoms with van der Waals surface area (Å²) in [6.07, 6.45) is 0. The number of carboxylic acid groups (broad SMARTS) is 1. The van der Waals surface area contributed by atoms with Gasteiger partial charge < -0.3 is 5.11 Å². The second-order valence-electron chi connectivity index (χ2n) is 4.57. The van der Waals surface area contributed by atoms with E-state index in [-0.39, 0.29) is 37.2 Å². The average Bonchev–Trinajstić information content (AvgIpc) is 2.34. The van der Waals surface area contributed by atoms with Crippen LogP contribution in [-0.2, 0) is 11.3 Å². The lowest BCUT2D eigenvalue weighted by atomic mass is 10.2. The minimum Gasteiger partial charge on any atom is -0.480 e. The number of halogens is 3. The molecular weight excluding hydrogens is 306 g/mol. The summed E-state index contributed by atoms with van der Waals surface area (Å²) in [4.78, 5) is 14.8. The fraction of sp³-hybridized carbons (Fsp3) is 0.462. The number of hydrogen-bond acceptors (Lipinski definition) is 3. The minimum atomic E-state index is -0.776. The smallest absolute Gasteiger partial charge is 0.317 e. The highest BCUT2D eigenvalue weighted by molar-refractivity contribution is 5.85. The average molecular weight is 325 g/mol. The van der Waals surface area contributed by atoms with Gasteiger partial charge in [-0.2, -0.15) is 0 Å². The summed E-state index contributed by atoms with van der Waals surface area (Å²) < 4.78 is 12.8. The van der Waals surface area contributed by atoms with Crippen LogP contribution in [-0.4, -0.2) is 53.6 Å². The predicted octanol–water partition coefficient (Wildman–Crippen LogP) is 1.87. The third kappa shape index (κ3) is 6.05. The first-order valence-corrected chi connectivity index (χ1v) is 6.04. The standard InChI is InChI=1S/C13H17FN2O2.2ClH/c14-12-3-1-11(2-4-12)9-15-5-7-16(8-6-15)10-13(17)18;;/h1-4H,5-10H2,(H,17,18);2*1H. The van der Waals surface area contributed by atoms with Crippen LogP contribution in [0.1, 0.15) is 5.56 Å². The van der Waals surface area contributed by atoms with E-state index in [1.807, 2.05) is 4.90 Å². The first-order chi connectivity index (χ1) is 8.63. The molecule has 114 valence electrons. The van der Waals surface area contributed by atoms with Gasteiger partial charge in [0.05, 0.1) is 6.54 Å². The molecule has 0 atom stereocenters. The third-order valence-corrected chi connectivity index (χ3v) is 3.14. The molecule has 1 saturated heterocycles. The molecule has 1 aliphatic heterocycles. The van der Waals surface area contributed by atoms with Gasteiger partial charge in [-0.1, -0.05) is 12.1 Å². The second kappa shape index (κ2) is 9.13. The molecular formula is C13H19Cl2FN2O2. The van der Waals surface area contributed by atoms with Crippen molar-refractivity contribution in [1.82, 2.24) is 9.80 Å². The maximum Gasteiger partial charge on any atom is 0.317 e. The van der Waals surface area contributed by atoms with Crippen LogP contribution in [0.4, 0.5) is 4.39 Å². The van der Waals surface area contributed by atoms with Crippen LogP contribution >= 0.6 is 24.8 Å². The number of nitrogens with zero attached hydrogens (tertiary/aromatic N) is 2. The van der Waals surface area contributed by atoms with Gasteiger partial charge in [0.2, 0.25) is 0 Å². The van der Waals surface area contributed by atoms with E-state index in [0.29, 0.717) is 0 Å². The Labute approximate surface area is 130 Å². The van der Waals surface area contributed by atoms with Crippen LogP contribution in [0.25, 0.3) is 0 Å². The quantitative estimate of drug-likeness (QED) is 0.918. The van der Waals surface area contributed by atoms with Crippen molar-refractivity contribution in [2.24, 2.45) is 0 Å². The zero-order valence-electron chi connectivity index (χ0n) is 11.0. The lowest BCUT2D eigenvalue weighted by Crippen LogP contribution is -2.47. The Hall–Kier alpha value is -0.880. The number of carbonyl (C=O) groups is 1. The summed E-state index contributed by atoms with van der Waals surface area (Å²) in [5.74, 6) is -0.994. The number of aliphatic carboxylic acids is 1. The molecule has 0 radical (unpaired) electrons. The van der Waals surface area contributed by atoms with Gasteiger partial charge in [-0.05, 0) is 17.7 Å². The van der Waals surface area contributed by atoms with Gasteiger partial charge in [0.1, 0.15) is 5.82 Å². The van der Waals surface area contributed by atoms with Crippen molar-refractivity contribution >= 4 is 30.8 Å². The van der Waals surface area contributed by atoms with Crippen molar-refractivity contribution in [3.63, 3.8) is 0 Å². The monoisotopic (exact) mass is 324 g/mol. The van der Waals surface area contributed by atoms with Gasteiger partial charge in [-0.15, -0.1) is 24.8 Å². The summed E-state index contributed by atoms with van der Waals surface area (Å²) in [5, 5.41) is 8.70. The maximum absolute atomic E-state index is 12.8. The van der Waals surface area contributed by atoms with Gasteiger partial charge >= 0.3 is 5.97 Å². The highest BCUT2D eigenvalue weighted by Crippen LogP contribution is 2.09. The van der Waals surface area contributed by atoms with E-state index in [1.54, 1.807) is 12.1 Å². The molecule has 1 heterocycles. The summed E-state index contributed by atoms with van der Waals surface area (Å²) in [7, 11) is 0. The first kappa shape index (κ1) is 19.1. The van der Waals surface area contributed by atoms with Crippen LogP contribution in [0.15, 0.2) is 24.3 Å². The Balaban J connectivity index is 0.00000180. The molecule has 1 fully saturated rings. The maximum atomic E-state index is 12.8. The van der Waals surface area contributed by atoms with E-state index >= 15 is 0 Å². The molecule has 1 aliphatic rings. The largest absolute Gasteiger partial charge is 0.480 e. The topological polar surface area (TPSA) is 43.8 Å². The lowest BCUT2D eigenvalue weighted by molar-refractivity contribution is -0.138. The van der Waals surface area contributed by atoms with Crippen molar-refractivity contribution in [2.75, 3.05) is 32.7 Å². The van der Waals surface area contributed by atoms with Crippen LogP contribution < -0.4 is 0 Å². The zero-order valence-corrected chi connectivity index (χ0v) is 12.6. The Morgan fingerprint density at radius 2 is 1.55 bits per heavy atom. The van der Waals surface area contributed by atoms with Crippen LogP contribution in [0, 0.1) is 5.82 Å². The highest BCUT2D eigenvalue weighted by atomic mass is 35.5. The van der Waals surface area contributed by atoms with Gasteiger partial charge in [-0.25, -0.2) is 4.39 Å². The molecule has 7 heteroatoms. The summed E-state index contributed by atoms with van der Waals surface area (Å²) in [6.45, 7) is 4.15. The number of benzene rings is 1. The number of rotatable bonds is 4. The third-order valence-electron chi connectivity index (χ3n) is 3.14. The summed E-state index contributed by atoms with van der Waals surface area (Å²) in [6, 6.07) is 6.52. The molecule has 0 amide bonds. The fourth-order valence-electron chi connectivity index (χ4n) is 2.14. The first-order valence-electron chi connectivity index (χ1n) is 6.04. The van der Waals surface area contributed by atoms with E-state index in [2.05, 4.69) is 4.90 Å². The molecule has 1 N–H and O–H groups in total. The molecule has 0 saturated carbocycles. The summed E-state index contributed by atoms with van der Waals surface area (Å²) >= 11 is 0. The number of carboxylic acids is 1. The summed E-state index contributed by atoms with van der Waals surface area (Å²) in [5.41, 5.74) is 1.09. The van der Waals surface area contributed by atoms with Crippen molar-refractivity contribution in [3.05, 3.63) is 35.6 Å². The lowest BCUT2D eigenvalue weighted by Gasteiger charge is -2.33. The van der Waals surface area contributed by atoms with Crippen molar-refractivity contribution in [1.29, 1.82) is 0 Å². The van der Waals surface area contributed by atoms with Crippen molar-refractivity contribution in [3.8, 4) is 0 Å². The van der Waals surface area contributed by atoms with Crippen molar-refractivity contribution < 1.29 is 14.3 Å². The molecule has 0 bridgehead atoms. The Morgan fingerprint density at radius 1 is 1.05 bits per heavy atom. The molecule has 0 spiro atoms. The van der Waals surface area contributed by atoms with Gasteiger partial charge in [0.25, 0.3) is 0 Å². The van der Waals surface area contributed by atoms with Crippen LogP contribution in [0.2, 0.25) is 0 Å². The molecule has 0 aromatic heterocycles. The van der Waals surface area contributed by atoms with E-state index in [1.165, 1.54) is 12.1 Å². The highest BCUT2D eigenvalue weighted by Gasteiger charge is 2.18. The van der Waals surface area contributed by atoms with Gasteiger partial charge in [0, 0.05) is 32.7 Å². The molecule has 1 aromatic carbocycles. The van der Waals surface area contributed by atoms with E-state index in [4.69, 9.17) is 5.11 Å². The van der Waals surface area contributed by atoms with E-state index in [0.717, 1.165) is 38.3 Å². The van der Waals surface area contributed by atoms with Crippen LogP contribution in [0.5, 0.6) is 0 Å². The van der Waals surface area contributed by atoms with Crippen LogP contribution in [0.3, 0.4) is 0 Å². The number of piperazine rings is 1. The Morgan fingerprint density at radius 3 is 2.05 bits per heavy atom. The SMILES string of the molecule is Cl.Cl.O=C(O)CN1CCN(Cc2ccc(F)cc2)CC1. The molecule has 0 aliphatic carbocycles. The van der Waals surface area contributed by atoms with E-state index in [9.17, 15) is 9.18 Å². The Kier molecular flexibility index (Phi) is 8.73. The molecule has 4 nitrogen and oxygen atoms in total. The zero-order chi connectivity index (χ0) is 13.0. The molecule has 20 heavy (non-hydrogen) atoms. The normalized spacial score (nSPS) is 16.1. The predicted molar refractivity (Wildman–Crippen MR) is 80.2 cm³/mol. The molecule has 0 unspecified atom stereocenters. The molecule has 1 aromatic rings. The van der Waals surface area contributed by atoms with Gasteiger partial charge in [0.15, 0.2) is 0 Å². The van der Waals surface area contributed by atoms with Crippen molar-refractivity contribution in [2.45, 2.75) is 6.54 Å². The molecule has 2 rings (SSSR count). The number of hydrogen-bond donors (Lipinski definition) is 1. The minimum absolute atomic E-state index is 0. The second-order valence-corrected chi connectivity index (χ2v) is 4.57. The van der Waals surface area contributed by atoms with Gasteiger partial charge in [-0.3, -0.25) is 14.6 Å².